The molecule has 4 aliphatic heterocycles. The van der Waals surface area contributed by atoms with Crippen LogP contribution in [0, 0.1) is 13.8 Å². The first-order valence-electron chi connectivity index (χ1n) is 23.4. The highest BCUT2D eigenvalue weighted by molar-refractivity contribution is 7.00. The Balaban J connectivity index is 1.27. The third kappa shape index (κ3) is 4.75. The Morgan fingerprint density at radius 3 is 1.83 bits per heavy atom. The van der Waals surface area contributed by atoms with Crippen molar-refractivity contribution < 1.29 is 0 Å². The quantitative estimate of drug-likeness (QED) is 0.162. The molecule has 0 spiro atoms. The molecule has 4 heterocycles. The summed E-state index contributed by atoms with van der Waals surface area (Å²) in [7, 11) is 0. The van der Waals surface area contributed by atoms with Gasteiger partial charge in [0.05, 0.1) is 11.1 Å². The van der Waals surface area contributed by atoms with Crippen molar-refractivity contribution >= 4 is 62.9 Å². The average Bonchev–Trinajstić information content (AvgIpc) is 3.54. The van der Waals surface area contributed by atoms with Gasteiger partial charge in [0.1, 0.15) is 0 Å². The minimum atomic E-state index is -0.0497. The standard InChI is InChI=1S/C56H66BN3/c1-35-30-36(2)48-45(31-35)59(56(12)29-16-14-27-54(48,56)10)40-33-46-49-47(34-40)60-50-41(53(9)26-13-15-28-55(53,60)11)18-17-19-42(50)57(49)43-32-38(52(6,7)8)22-25-44(43)58(46)39-23-20-37(21-24-39)51(3,4)5/h17-25,30-34H,13-16,26-29H2,1-12H3. The van der Waals surface area contributed by atoms with E-state index in [4.69, 9.17) is 0 Å². The lowest BCUT2D eigenvalue weighted by atomic mass is 9.33. The molecule has 2 saturated carbocycles. The Bertz CT molecular complexity index is 2640. The Morgan fingerprint density at radius 1 is 0.533 bits per heavy atom. The zero-order valence-electron chi connectivity index (χ0n) is 38.7. The van der Waals surface area contributed by atoms with Crippen LogP contribution in [0.1, 0.15) is 154 Å². The molecule has 0 radical (unpaired) electrons. The van der Waals surface area contributed by atoms with Crippen LogP contribution in [0.2, 0.25) is 0 Å². The zero-order chi connectivity index (χ0) is 42.1. The van der Waals surface area contributed by atoms with Gasteiger partial charge in [0.25, 0.3) is 6.71 Å². The van der Waals surface area contributed by atoms with E-state index in [9.17, 15) is 0 Å². The first kappa shape index (κ1) is 38.5. The van der Waals surface area contributed by atoms with Crippen molar-refractivity contribution in [3.05, 3.63) is 118 Å². The molecule has 4 unspecified atom stereocenters. The Labute approximate surface area is 361 Å². The van der Waals surface area contributed by atoms with Crippen LogP contribution >= 0.6 is 0 Å². The molecule has 0 saturated heterocycles. The maximum atomic E-state index is 2.93. The highest BCUT2D eigenvalue weighted by Crippen LogP contribution is 2.65. The fourth-order valence-corrected chi connectivity index (χ4v) is 14.0. The second-order valence-corrected chi connectivity index (χ2v) is 23.0. The summed E-state index contributed by atoms with van der Waals surface area (Å²) in [6, 6.07) is 34.8. The van der Waals surface area contributed by atoms with Crippen LogP contribution in [0.5, 0.6) is 0 Å². The summed E-state index contributed by atoms with van der Waals surface area (Å²) in [4.78, 5) is 8.46. The SMILES string of the molecule is Cc1cc(C)c2c(c1)N(c1cc3c4c(c1)N1c5c(cccc5C5(C)CCCCC15C)B4c1cc(C(C)(C)C)ccc1N3c1ccc(C(C)(C)C)cc1)C1(C)CCCCC21C. The first-order chi connectivity index (χ1) is 28.3. The first-order valence-corrected chi connectivity index (χ1v) is 23.4. The van der Waals surface area contributed by atoms with E-state index in [1.165, 1.54) is 130 Å². The maximum absolute atomic E-state index is 2.93. The molecule has 0 amide bonds. The lowest BCUT2D eigenvalue weighted by molar-refractivity contribution is 0.193. The van der Waals surface area contributed by atoms with Crippen molar-refractivity contribution in [2.75, 3.05) is 14.7 Å². The van der Waals surface area contributed by atoms with E-state index < -0.39 is 0 Å². The molecule has 0 bridgehead atoms. The molecule has 3 nitrogen and oxygen atoms in total. The molecular weight excluding hydrogens is 725 g/mol. The molecule has 11 rings (SSSR count). The molecule has 4 heteroatoms. The number of fused-ring (bicyclic) bond motifs is 10. The van der Waals surface area contributed by atoms with Crippen molar-refractivity contribution in [1.29, 1.82) is 0 Å². The molecule has 5 aromatic carbocycles. The van der Waals surface area contributed by atoms with Crippen LogP contribution in [0.4, 0.5) is 39.8 Å². The number of para-hydroxylation sites is 1. The zero-order valence-corrected chi connectivity index (χ0v) is 38.7. The molecule has 2 fully saturated rings. The van der Waals surface area contributed by atoms with Crippen LogP contribution in [-0.4, -0.2) is 17.8 Å². The summed E-state index contributed by atoms with van der Waals surface area (Å²) < 4.78 is 0. The summed E-state index contributed by atoms with van der Waals surface area (Å²) in [5.41, 5.74) is 22.9. The molecule has 6 aliphatic rings. The van der Waals surface area contributed by atoms with Gasteiger partial charge in [-0.15, -0.1) is 0 Å². The van der Waals surface area contributed by atoms with Crippen molar-refractivity contribution in [1.82, 2.24) is 0 Å². The van der Waals surface area contributed by atoms with Gasteiger partial charge in [-0.05, 0) is 150 Å². The van der Waals surface area contributed by atoms with E-state index >= 15 is 0 Å². The second-order valence-electron chi connectivity index (χ2n) is 23.0. The van der Waals surface area contributed by atoms with Crippen molar-refractivity contribution in [2.45, 2.75) is 167 Å². The number of benzene rings is 5. The third-order valence-corrected chi connectivity index (χ3v) is 17.6. The Morgan fingerprint density at radius 2 is 1.15 bits per heavy atom. The highest BCUT2D eigenvalue weighted by Gasteiger charge is 2.62. The number of anilines is 7. The second kappa shape index (κ2) is 12.1. The van der Waals surface area contributed by atoms with Gasteiger partial charge in [-0.2, -0.15) is 0 Å². The summed E-state index contributed by atoms with van der Waals surface area (Å²) in [5.74, 6) is 0. The smallest absolute Gasteiger partial charge is 0.252 e. The highest BCUT2D eigenvalue weighted by atomic mass is 15.3. The molecular formula is C56H66BN3. The molecule has 2 aliphatic carbocycles. The lowest BCUT2D eigenvalue weighted by Gasteiger charge is -2.54. The summed E-state index contributed by atoms with van der Waals surface area (Å²) >= 11 is 0. The van der Waals surface area contributed by atoms with E-state index in [1.807, 2.05) is 0 Å². The number of aryl methyl sites for hydroxylation is 2. The number of nitrogens with zero attached hydrogens (tertiary/aromatic N) is 3. The number of hydrogen-bond donors (Lipinski definition) is 0. The summed E-state index contributed by atoms with van der Waals surface area (Å²) in [6.07, 6.45) is 9.97. The molecule has 60 heavy (non-hydrogen) atoms. The van der Waals surface area contributed by atoms with Crippen LogP contribution < -0.4 is 31.1 Å². The average molecular weight is 792 g/mol. The van der Waals surface area contributed by atoms with E-state index in [1.54, 1.807) is 11.1 Å². The van der Waals surface area contributed by atoms with Gasteiger partial charge in [0.2, 0.25) is 0 Å². The van der Waals surface area contributed by atoms with E-state index in [2.05, 4.69) is 183 Å². The molecule has 0 aromatic heterocycles. The molecule has 308 valence electrons. The largest absolute Gasteiger partial charge is 0.335 e. The summed E-state index contributed by atoms with van der Waals surface area (Å²) in [5, 5.41) is 0. The lowest BCUT2D eigenvalue weighted by Crippen LogP contribution is -2.64. The van der Waals surface area contributed by atoms with Gasteiger partial charge in [0, 0.05) is 50.6 Å². The molecule has 4 atom stereocenters. The van der Waals surface area contributed by atoms with Gasteiger partial charge in [0.15, 0.2) is 0 Å². The Kier molecular flexibility index (Phi) is 7.79. The van der Waals surface area contributed by atoms with Crippen LogP contribution in [0.25, 0.3) is 0 Å². The third-order valence-electron chi connectivity index (χ3n) is 17.6. The summed E-state index contributed by atoms with van der Waals surface area (Å²) in [6.45, 7) is 29.4. The fraction of sp³-hybridized carbons (Fsp3) is 0.464. The topological polar surface area (TPSA) is 9.72 Å². The Hall–Kier alpha value is -4.44. The molecule has 5 aromatic rings. The van der Waals surface area contributed by atoms with Crippen molar-refractivity contribution in [2.24, 2.45) is 0 Å². The predicted octanol–water partition coefficient (Wildman–Crippen LogP) is 13.0. The number of rotatable bonds is 2. The van der Waals surface area contributed by atoms with Gasteiger partial charge >= 0.3 is 0 Å². The van der Waals surface area contributed by atoms with E-state index in [0.29, 0.717) is 0 Å². The van der Waals surface area contributed by atoms with Crippen molar-refractivity contribution in [3.63, 3.8) is 0 Å². The minimum Gasteiger partial charge on any atom is -0.335 e. The van der Waals surface area contributed by atoms with Crippen LogP contribution in [0.3, 0.4) is 0 Å². The van der Waals surface area contributed by atoms with Crippen LogP contribution in [0.15, 0.2) is 84.9 Å². The van der Waals surface area contributed by atoms with Gasteiger partial charge in [-0.25, -0.2) is 0 Å². The normalized spacial score (nSPS) is 27.3. The van der Waals surface area contributed by atoms with Gasteiger partial charge < -0.3 is 14.7 Å². The molecule has 0 N–H and O–H groups in total. The van der Waals surface area contributed by atoms with Gasteiger partial charge in [-0.3, -0.25) is 0 Å². The van der Waals surface area contributed by atoms with E-state index in [-0.39, 0.29) is 39.5 Å². The van der Waals surface area contributed by atoms with Crippen LogP contribution in [-0.2, 0) is 21.7 Å². The van der Waals surface area contributed by atoms with Crippen molar-refractivity contribution in [3.8, 4) is 0 Å². The minimum absolute atomic E-state index is 0.0257. The fourth-order valence-electron chi connectivity index (χ4n) is 14.0. The predicted molar refractivity (Wildman–Crippen MR) is 258 cm³/mol. The maximum Gasteiger partial charge on any atom is 0.252 e. The van der Waals surface area contributed by atoms with Gasteiger partial charge in [-0.1, -0.05) is 130 Å². The monoisotopic (exact) mass is 792 g/mol. The van der Waals surface area contributed by atoms with E-state index in [0.717, 1.165) is 0 Å². The number of hydrogen-bond acceptors (Lipinski definition) is 3.